The first kappa shape index (κ1) is 12.3. The molecule has 0 saturated heterocycles. The topological polar surface area (TPSA) is 59.1 Å². The molecule has 2 aromatic rings. The minimum atomic E-state index is -3.52. The summed E-state index contributed by atoms with van der Waals surface area (Å²) in [7, 11) is -3.52. The zero-order valence-electron chi connectivity index (χ0n) is 8.67. The van der Waals surface area contributed by atoms with Crippen molar-refractivity contribution in [3.8, 4) is 0 Å². The van der Waals surface area contributed by atoms with Gasteiger partial charge in [0.2, 0.25) is 0 Å². The summed E-state index contributed by atoms with van der Waals surface area (Å²) in [5.41, 5.74) is 0.532. The fourth-order valence-electron chi connectivity index (χ4n) is 1.26. The third-order valence-electron chi connectivity index (χ3n) is 2.07. The van der Waals surface area contributed by atoms with E-state index in [0.29, 0.717) is 5.69 Å². The van der Waals surface area contributed by atoms with Crippen LogP contribution < -0.4 is 4.72 Å². The largest absolute Gasteiger partial charge is 0.278 e. The van der Waals surface area contributed by atoms with E-state index in [-0.39, 0.29) is 4.90 Å². The van der Waals surface area contributed by atoms with Crippen LogP contribution in [0.4, 0.5) is 5.69 Å². The minimum Gasteiger partial charge on any atom is -0.278 e. The van der Waals surface area contributed by atoms with Gasteiger partial charge < -0.3 is 0 Å². The lowest BCUT2D eigenvalue weighted by atomic mass is 10.4. The molecule has 0 bridgehead atoms. The van der Waals surface area contributed by atoms with E-state index in [0.717, 1.165) is 3.57 Å². The number of nitrogens with one attached hydrogen (secondary N) is 1. The Labute approximate surface area is 113 Å². The summed E-state index contributed by atoms with van der Waals surface area (Å²) < 4.78 is 27.3. The summed E-state index contributed by atoms with van der Waals surface area (Å²) in [6, 6.07) is 9.88. The van der Waals surface area contributed by atoms with Gasteiger partial charge in [-0.25, -0.2) is 8.42 Å². The Bertz CT molecular complexity index is 614. The van der Waals surface area contributed by atoms with Crippen LogP contribution in [0, 0.1) is 3.57 Å². The van der Waals surface area contributed by atoms with Crippen LogP contribution in [0.3, 0.4) is 0 Å². The summed E-state index contributed by atoms with van der Waals surface area (Å²) in [5.74, 6) is 0. The highest BCUT2D eigenvalue weighted by atomic mass is 127. The van der Waals surface area contributed by atoms with Crippen molar-refractivity contribution in [1.82, 2.24) is 4.98 Å². The van der Waals surface area contributed by atoms with Gasteiger partial charge in [-0.15, -0.1) is 0 Å². The van der Waals surface area contributed by atoms with Crippen LogP contribution in [0.2, 0.25) is 0 Å². The van der Waals surface area contributed by atoms with Gasteiger partial charge in [0.15, 0.2) is 0 Å². The van der Waals surface area contributed by atoms with Crippen molar-refractivity contribution in [1.29, 1.82) is 0 Å². The molecular weight excluding hydrogens is 351 g/mol. The fraction of sp³-hybridized carbons (Fsp3) is 0. The highest BCUT2D eigenvalue weighted by Crippen LogP contribution is 2.20. The molecule has 2 rings (SSSR count). The number of hydrogen-bond donors (Lipinski definition) is 1. The van der Waals surface area contributed by atoms with Crippen molar-refractivity contribution in [2.24, 2.45) is 0 Å². The molecule has 1 aromatic heterocycles. The van der Waals surface area contributed by atoms with Crippen LogP contribution in [-0.2, 0) is 10.0 Å². The SMILES string of the molecule is O=S(=O)(Nc1ccncc1I)c1ccccc1. The maximum absolute atomic E-state index is 12.0. The predicted octanol–water partition coefficient (Wildman–Crippen LogP) is 2.49. The van der Waals surface area contributed by atoms with E-state index in [1.54, 1.807) is 48.8 Å². The molecule has 6 heteroatoms. The number of aromatic nitrogens is 1. The first-order chi connectivity index (χ1) is 8.09. The summed E-state index contributed by atoms with van der Waals surface area (Å²) in [6.07, 6.45) is 3.15. The fourth-order valence-corrected chi connectivity index (χ4v) is 3.02. The van der Waals surface area contributed by atoms with Gasteiger partial charge in [0.1, 0.15) is 0 Å². The Balaban J connectivity index is 2.34. The molecule has 17 heavy (non-hydrogen) atoms. The van der Waals surface area contributed by atoms with Crippen LogP contribution in [-0.4, -0.2) is 13.4 Å². The van der Waals surface area contributed by atoms with Crippen molar-refractivity contribution < 1.29 is 8.42 Å². The highest BCUT2D eigenvalue weighted by molar-refractivity contribution is 14.1. The van der Waals surface area contributed by atoms with Crippen LogP contribution >= 0.6 is 22.6 Å². The molecule has 1 aromatic carbocycles. The Morgan fingerprint density at radius 1 is 1.12 bits per heavy atom. The number of benzene rings is 1. The number of nitrogens with zero attached hydrogens (tertiary/aromatic N) is 1. The van der Waals surface area contributed by atoms with Crippen molar-refractivity contribution in [2.45, 2.75) is 4.90 Å². The number of anilines is 1. The second-order valence-electron chi connectivity index (χ2n) is 3.27. The molecule has 0 aliphatic rings. The Kier molecular flexibility index (Phi) is 3.63. The van der Waals surface area contributed by atoms with Gasteiger partial charge in [-0.2, -0.15) is 0 Å². The van der Waals surface area contributed by atoms with Crippen LogP contribution in [0.15, 0.2) is 53.7 Å². The van der Waals surface area contributed by atoms with Gasteiger partial charge >= 0.3 is 0 Å². The molecule has 0 atom stereocenters. The van der Waals surface area contributed by atoms with E-state index in [4.69, 9.17) is 0 Å². The molecule has 0 aliphatic heterocycles. The monoisotopic (exact) mass is 360 g/mol. The van der Waals surface area contributed by atoms with Gasteiger partial charge in [0, 0.05) is 12.4 Å². The standard InChI is InChI=1S/C11H9IN2O2S/c12-10-8-13-7-6-11(10)14-17(15,16)9-4-2-1-3-5-9/h1-8H,(H,13,14). The molecule has 1 heterocycles. The summed E-state index contributed by atoms with van der Waals surface area (Å²) in [5, 5.41) is 0. The van der Waals surface area contributed by atoms with Gasteiger partial charge in [0.25, 0.3) is 10.0 Å². The van der Waals surface area contributed by atoms with E-state index in [1.165, 1.54) is 0 Å². The molecule has 0 spiro atoms. The number of pyridine rings is 1. The molecule has 1 N–H and O–H groups in total. The summed E-state index contributed by atoms with van der Waals surface area (Å²) in [4.78, 5) is 4.15. The van der Waals surface area contributed by atoms with Gasteiger partial charge in [0.05, 0.1) is 14.2 Å². The van der Waals surface area contributed by atoms with E-state index in [1.807, 2.05) is 22.6 Å². The molecule has 88 valence electrons. The quantitative estimate of drug-likeness (QED) is 0.856. The lowest BCUT2D eigenvalue weighted by molar-refractivity contribution is 0.601. The zero-order chi connectivity index (χ0) is 12.3. The van der Waals surface area contributed by atoms with E-state index in [2.05, 4.69) is 9.71 Å². The molecule has 0 saturated carbocycles. The molecule has 0 unspecified atom stereocenters. The second-order valence-corrected chi connectivity index (χ2v) is 6.12. The van der Waals surface area contributed by atoms with Crippen molar-refractivity contribution in [2.75, 3.05) is 4.72 Å². The average Bonchev–Trinajstić information content (AvgIpc) is 2.33. The van der Waals surface area contributed by atoms with Crippen molar-refractivity contribution >= 4 is 38.3 Å². The average molecular weight is 360 g/mol. The molecule has 0 fully saturated rings. The molecular formula is C11H9IN2O2S. The Morgan fingerprint density at radius 3 is 2.47 bits per heavy atom. The first-order valence-electron chi connectivity index (χ1n) is 4.77. The van der Waals surface area contributed by atoms with Gasteiger partial charge in [-0.05, 0) is 40.8 Å². The van der Waals surface area contributed by atoms with Gasteiger partial charge in [-0.1, -0.05) is 18.2 Å². The third-order valence-corrected chi connectivity index (χ3v) is 4.31. The molecule has 0 amide bonds. The number of sulfonamides is 1. The van der Waals surface area contributed by atoms with E-state index in [9.17, 15) is 8.42 Å². The molecule has 4 nitrogen and oxygen atoms in total. The molecule has 0 radical (unpaired) electrons. The van der Waals surface area contributed by atoms with Crippen molar-refractivity contribution in [3.05, 3.63) is 52.4 Å². The van der Waals surface area contributed by atoms with Crippen LogP contribution in [0.5, 0.6) is 0 Å². The third kappa shape index (κ3) is 2.95. The van der Waals surface area contributed by atoms with Crippen LogP contribution in [0.1, 0.15) is 0 Å². The smallest absolute Gasteiger partial charge is 0.261 e. The molecule has 0 aliphatic carbocycles. The Hall–Kier alpha value is -1.15. The minimum absolute atomic E-state index is 0.243. The van der Waals surface area contributed by atoms with E-state index < -0.39 is 10.0 Å². The maximum atomic E-state index is 12.0. The Morgan fingerprint density at radius 2 is 1.82 bits per heavy atom. The number of rotatable bonds is 3. The van der Waals surface area contributed by atoms with E-state index >= 15 is 0 Å². The highest BCUT2D eigenvalue weighted by Gasteiger charge is 2.14. The predicted molar refractivity (Wildman–Crippen MR) is 74.2 cm³/mol. The van der Waals surface area contributed by atoms with Crippen molar-refractivity contribution in [3.63, 3.8) is 0 Å². The number of halogens is 1. The van der Waals surface area contributed by atoms with Crippen LogP contribution in [0.25, 0.3) is 0 Å². The summed E-state index contributed by atoms with van der Waals surface area (Å²) >= 11 is 2.03. The lowest BCUT2D eigenvalue weighted by Crippen LogP contribution is -2.13. The second kappa shape index (κ2) is 5.01. The maximum Gasteiger partial charge on any atom is 0.261 e. The number of hydrogen-bond acceptors (Lipinski definition) is 3. The first-order valence-corrected chi connectivity index (χ1v) is 7.33. The lowest BCUT2D eigenvalue weighted by Gasteiger charge is -2.08. The summed E-state index contributed by atoms with van der Waals surface area (Å²) in [6.45, 7) is 0. The van der Waals surface area contributed by atoms with Gasteiger partial charge in [-0.3, -0.25) is 9.71 Å². The normalized spacial score (nSPS) is 11.1. The zero-order valence-corrected chi connectivity index (χ0v) is 11.6.